The van der Waals surface area contributed by atoms with E-state index < -0.39 is 5.91 Å². The Balaban J connectivity index is 1.18. The lowest BCUT2D eigenvalue weighted by molar-refractivity contribution is 0.102. The second-order valence-corrected chi connectivity index (χ2v) is 9.58. The van der Waals surface area contributed by atoms with E-state index in [0.29, 0.717) is 34.5 Å². The molecule has 0 saturated heterocycles. The lowest BCUT2D eigenvalue weighted by atomic mass is 10.1. The summed E-state index contributed by atoms with van der Waals surface area (Å²) >= 11 is 0. The number of para-hydroxylation sites is 2. The van der Waals surface area contributed by atoms with Gasteiger partial charge in [-0.15, -0.1) is 0 Å². The second kappa shape index (κ2) is 10.5. The van der Waals surface area contributed by atoms with Crippen LogP contribution in [0.1, 0.15) is 40.5 Å². The fraction of sp³-hybridized carbons (Fsp3) is 0.167. The fourth-order valence-corrected chi connectivity index (χ4v) is 4.44. The first-order valence-electron chi connectivity index (χ1n) is 12.9. The molecule has 0 unspecified atom stereocenters. The van der Waals surface area contributed by atoms with Crippen molar-refractivity contribution >= 4 is 28.7 Å². The number of carbonyl (C=O) groups is 2. The summed E-state index contributed by atoms with van der Waals surface area (Å²) in [6.45, 7) is 0.337. The number of amides is 2. The molecule has 3 aromatic carbocycles. The van der Waals surface area contributed by atoms with Gasteiger partial charge in [-0.2, -0.15) is 9.78 Å². The summed E-state index contributed by atoms with van der Waals surface area (Å²) in [5.74, 6) is 0.472. The van der Waals surface area contributed by atoms with Crippen molar-refractivity contribution < 1.29 is 19.4 Å². The quantitative estimate of drug-likeness (QED) is 0.265. The number of carbonyl (C=O) groups excluding carboxylic acids is 2. The van der Waals surface area contributed by atoms with Crippen LogP contribution in [0.5, 0.6) is 11.5 Å². The maximum Gasteiger partial charge on any atom is 0.342 e. The highest BCUT2D eigenvalue weighted by molar-refractivity contribution is 6.03. The molecule has 2 heterocycles. The molecular formula is C30H26N6O4. The molecule has 0 aliphatic heterocycles. The molecule has 0 radical (unpaired) electrons. The number of phenolic OH excluding ortho intramolecular Hbond substituents is 1. The molecule has 0 bridgehead atoms. The maximum absolute atomic E-state index is 13.1. The van der Waals surface area contributed by atoms with Gasteiger partial charge in [-0.05, 0) is 60.9 Å². The van der Waals surface area contributed by atoms with Gasteiger partial charge in [-0.25, -0.2) is 9.78 Å². The van der Waals surface area contributed by atoms with E-state index in [9.17, 15) is 14.7 Å². The van der Waals surface area contributed by atoms with Crippen molar-refractivity contribution in [3.8, 4) is 22.8 Å². The minimum absolute atomic E-state index is 0.0759. The molecule has 1 aliphatic carbocycles. The molecule has 10 heteroatoms. The molecule has 1 aliphatic rings. The van der Waals surface area contributed by atoms with Crippen molar-refractivity contribution in [1.82, 2.24) is 25.1 Å². The van der Waals surface area contributed by atoms with E-state index in [1.165, 1.54) is 16.9 Å². The molecule has 10 nitrogen and oxygen atoms in total. The Morgan fingerprint density at radius 3 is 2.52 bits per heavy atom. The van der Waals surface area contributed by atoms with Crippen molar-refractivity contribution in [3.63, 3.8) is 0 Å². The smallest absolute Gasteiger partial charge is 0.342 e. The number of aromatic hydroxyl groups is 1. The number of phenols is 1. The zero-order valence-corrected chi connectivity index (χ0v) is 21.7. The normalized spacial score (nSPS) is 12.7. The van der Waals surface area contributed by atoms with Gasteiger partial charge in [0.25, 0.3) is 5.91 Å². The topological polar surface area (TPSA) is 131 Å². The van der Waals surface area contributed by atoms with Gasteiger partial charge < -0.3 is 20.5 Å². The Kier molecular flexibility index (Phi) is 6.57. The number of ether oxygens (including phenoxy) is 1. The predicted octanol–water partition coefficient (Wildman–Crippen LogP) is 5.10. The minimum Gasteiger partial charge on any atom is -0.507 e. The molecule has 0 spiro atoms. The lowest BCUT2D eigenvalue weighted by Crippen LogP contribution is -2.30. The number of aromatic nitrogens is 4. The Morgan fingerprint density at radius 1 is 1.02 bits per heavy atom. The fourth-order valence-electron chi connectivity index (χ4n) is 4.44. The van der Waals surface area contributed by atoms with Gasteiger partial charge in [0, 0.05) is 29.8 Å². The van der Waals surface area contributed by atoms with Crippen LogP contribution in [-0.4, -0.2) is 43.9 Å². The van der Waals surface area contributed by atoms with Crippen LogP contribution in [-0.2, 0) is 6.54 Å². The zero-order chi connectivity index (χ0) is 27.6. The molecule has 200 valence electrons. The number of methoxy groups -OCH3 is 1. The molecular weight excluding hydrogens is 508 g/mol. The van der Waals surface area contributed by atoms with Gasteiger partial charge in [0.1, 0.15) is 17.2 Å². The first-order chi connectivity index (χ1) is 19.5. The van der Waals surface area contributed by atoms with E-state index in [-0.39, 0.29) is 23.4 Å². The van der Waals surface area contributed by atoms with Crippen LogP contribution in [0.25, 0.3) is 22.3 Å². The summed E-state index contributed by atoms with van der Waals surface area (Å²) in [5.41, 5.74) is 4.51. The summed E-state index contributed by atoms with van der Waals surface area (Å²) in [7, 11) is 1.61. The largest absolute Gasteiger partial charge is 0.507 e. The lowest BCUT2D eigenvalue weighted by Gasteiger charge is -2.09. The van der Waals surface area contributed by atoms with Crippen molar-refractivity contribution in [1.29, 1.82) is 0 Å². The van der Waals surface area contributed by atoms with Crippen LogP contribution in [0, 0.1) is 0 Å². The van der Waals surface area contributed by atoms with Crippen LogP contribution in [0.15, 0.2) is 79.0 Å². The SMILES string of the molecule is COc1ccc(CNC(=O)n2nc(-c3ccc(NC(=O)c4cnc5ccccc5n4)cc3O)cc2C2CC2)cc1. The van der Waals surface area contributed by atoms with Crippen molar-refractivity contribution in [2.45, 2.75) is 25.3 Å². The van der Waals surface area contributed by atoms with Crippen molar-refractivity contribution in [2.24, 2.45) is 0 Å². The first-order valence-corrected chi connectivity index (χ1v) is 12.9. The number of benzene rings is 3. The van der Waals surface area contributed by atoms with E-state index >= 15 is 0 Å². The summed E-state index contributed by atoms with van der Waals surface area (Å²) < 4.78 is 6.56. The Hall–Kier alpha value is -5.25. The van der Waals surface area contributed by atoms with Gasteiger partial charge in [-0.1, -0.05) is 24.3 Å². The van der Waals surface area contributed by atoms with Gasteiger partial charge in [0.15, 0.2) is 0 Å². The average molecular weight is 535 g/mol. The summed E-state index contributed by atoms with van der Waals surface area (Å²) in [6, 6.07) is 21.0. The highest BCUT2D eigenvalue weighted by atomic mass is 16.5. The third-order valence-corrected chi connectivity index (χ3v) is 6.74. The van der Waals surface area contributed by atoms with Crippen LogP contribution < -0.4 is 15.4 Å². The standard InChI is InChI=1S/C30H26N6O4/c1-40-21-11-6-18(7-12-21)16-32-30(39)36-27(19-8-9-19)15-25(35-36)22-13-10-20(14-28(22)37)33-29(38)26-17-31-23-4-2-3-5-24(23)34-26/h2-7,10-15,17,19,37H,8-9,16H2,1H3,(H,32,39)(H,33,38). The van der Waals surface area contributed by atoms with Crippen molar-refractivity contribution in [3.05, 3.63) is 95.9 Å². The number of fused-ring (bicyclic) bond motifs is 1. The molecule has 5 aromatic rings. The number of hydrogen-bond acceptors (Lipinski definition) is 7. The number of rotatable bonds is 7. The summed E-state index contributed by atoms with van der Waals surface area (Å²) in [6.07, 6.45) is 3.37. The molecule has 1 saturated carbocycles. The van der Waals surface area contributed by atoms with Gasteiger partial charge in [-0.3, -0.25) is 9.78 Å². The van der Waals surface area contributed by atoms with Crippen LogP contribution in [0.4, 0.5) is 10.5 Å². The Morgan fingerprint density at radius 2 is 1.80 bits per heavy atom. The first kappa shape index (κ1) is 25.1. The molecule has 2 aromatic heterocycles. The molecule has 3 N–H and O–H groups in total. The predicted molar refractivity (Wildman–Crippen MR) is 149 cm³/mol. The van der Waals surface area contributed by atoms with Crippen molar-refractivity contribution in [2.75, 3.05) is 12.4 Å². The third kappa shape index (κ3) is 5.19. The maximum atomic E-state index is 13.1. The number of nitrogens with one attached hydrogen (secondary N) is 2. The van der Waals surface area contributed by atoms with Gasteiger partial charge in [0.05, 0.1) is 35.7 Å². The molecule has 1 fully saturated rings. The number of nitrogens with zero attached hydrogens (tertiary/aromatic N) is 4. The molecule has 0 atom stereocenters. The van der Waals surface area contributed by atoms with E-state index in [0.717, 1.165) is 29.8 Å². The highest BCUT2D eigenvalue weighted by Gasteiger charge is 2.30. The summed E-state index contributed by atoms with van der Waals surface area (Å²) in [5, 5.41) is 21.0. The van der Waals surface area contributed by atoms with E-state index in [1.807, 2.05) is 48.5 Å². The van der Waals surface area contributed by atoms with Crippen LogP contribution >= 0.6 is 0 Å². The van der Waals surface area contributed by atoms with E-state index in [1.54, 1.807) is 25.3 Å². The van der Waals surface area contributed by atoms with E-state index in [4.69, 9.17) is 4.74 Å². The summed E-state index contributed by atoms with van der Waals surface area (Å²) in [4.78, 5) is 34.5. The van der Waals surface area contributed by atoms with Crippen LogP contribution in [0.3, 0.4) is 0 Å². The molecule has 40 heavy (non-hydrogen) atoms. The zero-order valence-electron chi connectivity index (χ0n) is 21.7. The molecule has 2 amide bonds. The monoisotopic (exact) mass is 534 g/mol. The Labute approximate surface area is 229 Å². The molecule has 6 rings (SSSR count). The van der Waals surface area contributed by atoms with Gasteiger partial charge in [0.2, 0.25) is 0 Å². The van der Waals surface area contributed by atoms with Crippen LogP contribution in [0.2, 0.25) is 0 Å². The average Bonchev–Trinajstić information content (AvgIpc) is 3.74. The third-order valence-electron chi connectivity index (χ3n) is 6.74. The highest BCUT2D eigenvalue weighted by Crippen LogP contribution is 2.42. The Bertz CT molecular complexity index is 1730. The van der Waals surface area contributed by atoms with Gasteiger partial charge >= 0.3 is 6.03 Å². The van der Waals surface area contributed by atoms with E-state index in [2.05, 4.69) is 25.7 Å². The number of hydrogen-bond donors (Lipinski definition) is 3. The second-order valence-electron chi connectivity index (χ2n) is 9.58. The number of anilines is 1. The minimum atomic E-state index is -0.445.